The first-order chi connectivity index (χ1) is 12.0. The maximum Gasteiger partial charge on any atom is 0.331 e. The third-order valence-electron chi connectivity index (χ3n) is 3.92. The predicted octanol–water partition coefficient (Wildman–Crippen LogP) is 2.02. The van der Waals surface area contributed by atoms with Crippen LogP contribution in [0.25, 0.3) is 0 Å². The number of Topliss-reactive ketones (excluding diaryl/α,β-unsaturated/α-hetero) is 1. The quantitative estimate of drug-likeness (QED) is 0.369. The number of imide groups is 1. The molecule has 0 spiro atoms. The highest BCUT2D eigenvalue weighted by molar-refractivity contribution is 6.11. The third kappa shape index (κ3) is 3.47. The van der Waals surface area contributed by atoms with Crippen molar-refractivity contribution in [1.82, 2.24) is 4.90 Å². The molecule has 0 aromatic heterocycles. The smallest absolute Gasteiger partial charge is 0.331 e. The number of esters is 1. The van der Waals surface area contributed by atoms with E-state index in [1.165, 1.54) is 19.1 Å². The van der Waals surface area contributed by atoms with Crippen molar-refractivity contribution in [1.29, 1.82) is 0 Å². The summed E-state index contributed by atoms with van der Waals surface area (Å²) in [7, 11) is 0. The van der Waals surface area contributed by atoms with Crippen LogP contribution in [0.2, 0.25) is 0 Å². The topological polar surface area (TPSA) is 80.8 Å². The van der Waals surface area contributed by atoms with Crippen molar-refractivity contribution in [3.05, 3.63) is 65.2 Å². The number of nitrogens with zero attached hydrogens (tertiary/aromatic N) is 1. The lowest BCUT2D eigenvalue weighted by Crippen LogP contribution is -2.45. The Labute approximate surface area is 144 Å². The number of carbonyl (C=O) groups is 4. The molecule has 3 rings (SSSR count). The number of ketones is 1. The van der Waals surface area contributed by atoms with Crippen molar-refractivity contribution < 1.29 is 23.9 Å². The van der Waals surface area contributed by atoms with Gasteiger partial charge in [0.2, 0.25) is 5.91 Å². The number of carbonyl (C=O) groups excluding carboxylic acids is 4. The van der Waals surface area contributed by atoms with Gasteiger partial charge in [-0.15, -0.1) is 0 Å². The fraction of sp³-hybridized carbons (Fsp3) is 0.158. The Kier molecular flexibility index (Phi) is 4.43. The molecular formula is C19H15NO5. The highest BCUT2D eigenvalue weighted by Crippen LogP contribution is 2.20. The number of benzene rings is 2. The second kappa shape index (κ2) is 6.68. The zero-order valence-corrected chi connectivity index (χ0v) is 13.5. The third-order valence-corrected chi connectivity index (χ3v) is 3.92. The molecule has 2 aromatic carbocycles. The van der Waals surface area contributed by atoms with Gasteiger partial charge in [0.05, 0.1) is 6.42 Å². The minimum absolute atomic E-state index is 0.0719. The van der Waals surface area contributed by atoms with E-state index in [9.17, 15) is 19.2 Å². The van der Waals surface area contributed by atoms with E-state index in [2.05, 4.69) is 0 Å². The first-order valence-corrected chi connectivity index (χ1v) is 7.70. The summed E-state index contributed by atoms with van der Waals surface area (Å²) in [6, 6.07) is 12.9. The number of fused-ring (bicyclic) bond motifs is 1. The lowest BCUT2D eigenvalue weighted by Gasteiger charge is -2.25. The molecule has 0 saturated heterocycles. The summed E-state index contributed by atoms with van der Waals surface area (Å²) in [6.45, 7) is 0.979. The van der Waals surface area contributed by atoms with Crippen LogP contribution >= 0.6 is 0 Å². The highest BCUT2D eigenvalue weighted by atomic mass is 16.5. The molecule has 1 aliphatic heterocycles. The van der Waals surface area contributed by atoms with Gasteiger partial charge in [-0.25, -0.2) is 4.79 Å². The largest absolute Gasteiger partial charge is 0.425 e. The van der Waals surface area contributed by atoms with Crippen LogP contribution in [0.1, 0.15) is 33.2 Å². The van der Waals surface area contributed by atoms with Gasteiger partial charge in [0.1, 0.15) is 12.3 Å². The number of ether oxygens (including phenoxy) is 1. The van der Waals surface area contributed by atoms with Gasteiger partial charge < -0.3 is 4.74 Å². The fourth-order valence-corrected chi connectivity index (χ4v) is 2.61. The summed E-state index contributed by atoms with van der Waals surface area (Å²) >= 11 is 0. The van der Waals surface area contributed by atoms with Crippen molar-refractivity contribution in [2.24, 2.45) is 0 Å². The molecule has 0 unspecified atom stereocenters. The van der Waals surface area contributed by atoms with E-state index in [1.807, 2.05) is 0 Å². The van der Waals surface area contributed by atoms with Gasteiger partial charge in [-0.1, -0.05) is 18.2 Å². The molecule has 2 aromatic rings. The molecule has 1 aliphatic rings. The van der Waals surface area contributed by atoms with Gasteiger partial charge in [0.25, 0.3) is 5.91 Å². The van der Waals surface area contributed by atoms with Gasteiger partial charge in [0.15, 0.2) is 5.78 Å². The molecule has 126 valence electrons. The van der Waals surface area contributed by atoms with Crippen molar-refractivity contribution >= 4 is 23.6 Å². The lowest BCUT2D eigenvalue weighted by molar-refractivity contribution is -0.140. The van der Waals surface area contributed by atoms with Gasteiger partial charge in [-0.3, -0.25) is 19.3 Å². The first kappa shape index (κ1) is 16.6. The molecule has 2 amide bonds. The van der Waals surface area contributed by atoms with E-state index in [0.29, 0.717) is 16.7 Å². The Balaban J connectivity index is 1.69. The highest BCUT2D eigenvalue weighted by Gasteiger charge is 2.32. The van der Waals surface area contributed by atoms with E-state index in [0.717, 1.165) is 4.90 Å². The zero-order chi connectivity index (χ0) is 18.0. The molecule has 0 aliphatic carbocycles. The van der Waals surface area contributed by atoms with Crippen LogP contribution in [0.3, 0.4) is 0 Å². The van der Waals surface area contributed by atoms with E-state index in [4.69, 9.17) is 4.74 Å². The minimum atomic E-state index is -0.725. The number of hydrogen-bond acceptors (Lipinski definition) is 5. The average Bonchev–Trinajstić information content (AvgIpc) is 2.59. The summed E-state index contributed by atoms with van der Waals surface area (Å²) in [5, 5.41) is 0. The molecule has 25 heavy (non-hydrogen) atoms. The van der Waals surface area contributed by atoms with E-state index in [-0.39, 0.29) is 18.0 Å². The Morgan fingerprint density at radius 3 is 2.40 bits per heavy atom. The molecule has 1 heterocycles. The van der Waals surface area contributed by atoms with Crippen molar-refractivity contribution in [3.8, 4) is 5.75 Å². The minimum Gasteiger partial charge on any atom is -0.425 e. The van der Waals surface area contributed by atoms with Crippen molar-refractivity contribution in [2.75, 3.05) is 6.54 Å². The molecule has 6 heteroatoms. The van der Waals surface area contributed by atoms with E-state index >= 15 is 0 Å². The van der Waals surface area contributed by atoms with Gasteiger partial charge in [0, 0.05) is 11.1 Å². The number of hydrogen-bond donors (Lipinski definition) is 0. The van der Waals surface area contributed by atoms with Crippen LogP contribution in [0.5, 0.6) is 5.75 Å². The van der Waals surface area contributed by atoms with E-state index in [1.54, 1.807) is 36.4 Å². The molecule has 0 atom stereocenters. The van der Waals surface area contributed by atoms with Crippen LogP contribution in [-0.4, -0.2) is 35.0 Å². The van der Waals surface area contributed by atoms with Crippen LogP contribution in [-0.2, 0) is 16.0 Å². The molecule has 6 nitrogen and oxygen atoms in total. The second-order valence-electron chi connectivity index (χ2n) is 5.67. The molecule has 0 saturated carbocycles. The molecule has 0 bridgehead atoms. The van der Waals surface area contributed by atoms with Crippen LogP contribution in [0.15, 0.2) is 48.5 Å². The Morgan fingerprint density at radius 2 is 1.72 bits per heavy atom. The molecule has 0 radical (unpaired) electrons. The Bertz CT molecular complexity index is 870. The normalized spacial score (nSPS) is 13.4. The first-order valence-electron chi connectivity index (χ1n) is 7.70. The van der Waals surface area contributed by atoms with Gasteiger partial charge in [-0.2, -0.15) is 0 Å². The lowest BCUT2D eigenvalue weighted by atomic mass is 9.98. The van der Waals surface area contributed by atoms with Crippen molar-refractivity contribution in [3.63, 3.8) is 0 Å². The summed E-state index contributed by atoms with van der Waals surface area (Å²) in [5.41, 5.74) is 1.57. The van der Waals surface area contributed by atoms with E-state index < -0.39 is 24.3 Å². The van der Waals surface area contributed by atoms with Crippen LogP contribution < -0.4 is 4.74 Å². The Hall–Kier alpha value is -3.28. The SMILES string of the molecule is CC(=O)c1ccc(OC(=O)CN2C(=O)Cc3ccccc3C2=O)cc1. The van der Waals surface area contributed by atoms with Gasteiger partial charge in [-0.05, 0) is 42.8 Å². The van der Waals surface area contributed by atoms with Crippen LogP contribution in [0, 0.1) is 0 Å². The number of amides is 2. The summed E-state index contributed by atoms with van der Waals surface area (Å²) in [5.74, 6) is -1.52. The zero-order valence-electron chi connectivity index (χ0n) is 13.5. The maximum absolute atomic E-state index is 12.4. The fourth-order valence-electron chi connectivity index (χ4n) is 2.61. The Morgan fingerprint density at radius 1 is 1.04 bits per heavy atom. The standard InChI is InChI=1S/C19H15NO5/c1-12(21)13-6-8-15(9-7-13)25-18(23)11-20-17(22)10-14-4-2-3-5-16(14)19(20)24/h2-9H,10-11H2,1H3. The summed E-state index contributed by atoms with van der Waals surface area (Å²) < 4.78 is 5.14. The summed E-state index contributed by atoms with van der Waals surface area (Å²) in [6.07, 6.45) is 0.0719. The second-order valence-corrected chi connectivity index (χ2v) is 5.67. The molecular weight excluding hydrogens is 322 g/mol. The number of rotatable bonds is 4. The van der Waals surface area contributed by atoms with Crippen molar-refractivity contribution in [2.45, 2.75) is 13.3 Å². The predicted molar refractivity (Wildman–Crippen MR) is 88.3 cm³/mol. The average molecular weight is 337 g/mol. The molecule has 0 fully saturated rings. The maximum atomic E-state index is 12.4. The molecule has 0 N–H and O–H groups in total. The van der Waals surface area contributed by atoms with Gasteiger partial charge >= 0.3 is 5.97 Å². The van der Waals surface area contributed by atoms with Crippen LogP contribution in [0.4, 0.5) is 0 Å². The summed E-state index contributed by atoms with van der Waals surface area (Å²) in [4.78, 5) is 48.7. The monoisotopic (exact) mass is 337 g/mol.